The van der Waals surface area contributed by atoms with Crippen LogP contribution in [0.5, 0.6) is 5.75 Å². The molecule has 2 aromatic carbocycles. The van der Waals surface area contributed by atoms with Crippen molar-refractivity contribution in [3.05, 3.63) is 71.8 Å². The van der Waals surface area contributed by atoms with Gasteiger partial charge in [-0.25, -0.2) is 4.79 Å². The number of amides is 3. The summed E-state index contributed by atoms with van der Waals surface area (Å²) in [6.07, 6.45) is 3.90. The SMILES string of the molecule is C=CC(=O)N(Cc1ccc(Cl)cc1)c1ccc(O[C@@H]2CC[C@@H](NC(=O)NC)C2)cc1. The number of halogens is 1. The molecule has 0 bridgehead atoms. The molecule has 30 heavy (non-hydrogen) atoms. The van der Waals surface area contributed by atoms with Gasteiger partial charge in [-0.1, -0.05) is 30.3 Å². The Morgan fingerprint density at radius 3 is 2.50 bits per heavy atom. The summed E-state index contributed by atoms with van der Waals surface area (Å²) in [5.74, 6) is 0.555. The quantitative estimate of drug-likeness (QED) is 0.647. The summed E-state index contributed by atoms with van der Waals surface area (Å²) in [6.45, 7) is 4.03. The Hall–Kier alpha value is -2.99. The fraction of sp³-hybridized carbons (Fsp3) is 0.304. The highest BCUT2D eigenvalue weighted by Gasteiger charge is 2.27. The third-order valence-electron chi connectivity index (χ3n) is 5.09. The minimum absolute atomic E-state index is 0.0537. The second kappa shape index (κ2) is 10.2. The lowest BCUT2D eigenvalue weighted by Gasteiger charge is -2.22. The van der Waals surface area contributed by atoms with Gasteiger partial charge < -0.3 is 20.3 Å². The number of rotatable bonds is 7. The van der Waals surface area contributed by atoms with E-state index in [9.17, 15) is 9.59 Å². The zero-order valence-electron chi connectivity index (χ0n) is 16.9. The van der Waals surface area contributed by atoms with E-state index >= 15 is 0 Å². The Bertz CT molecular complexity index is 884. The average Bonchev–Trinajstić information content (AvgIpc) is 3.20. The minimum atomic E-state index is -0.183. The number of hydrogen-bond donors (Lipinski definition) is 2. The van der Waals surface area contributed by atoms with Gasteiger partial charge in [0, 0.05) is 30.2 Å². The molecule has 0 spiro atoms. The summed E-state index contributed by atoms with van der Waals surface area (Å²) in [5.41, 5.74) is 1.73. The van der Waals surface area contributed by atoms with Crippen molar-refractivity contribution in [1.29, 1.82) is 0 Å². The van der Waals surface area contributed by atoms with E-state index in [0.29, 0.717) is 11.6 Å². The molecule has 1 aliphatic rings. The number of nitrogens with one attached hydrogen (secondary N) is 2. The Morgan fingerprint density at radius 2 is 1.87 bits per heavy atom. The predicted molar refractivity (Wildman–Crippen MR) is 119 cm³/mol. The van der Waals surface area contributed by atoms with Crippen LogP contribution in [-0.4, -0.2) is 31.1 Å². The van der Waals surface area contributed by atoms with Crippen molar-refractivity contribution in [2.24, 2.45) is 0 Å². The number of carbonyl (C=O) groups excluding carboxylic acids is 2. The van der Waals surface area contributed by atoms with Crippen LogP contribution in [0.4, 0.5) is 10.5 Å². The molecule has 3 rings (SSSR count). The van der Waals surface area contributed by atoms with Gasteiger partial charge in [0.25, 0.3) is 5.91 Å². The van der Waals surface area contributed by atoms with Gasteiger partial charge in [0.2, 0.25) is 0 Å². The first-order chi connectivity index (χ1) is 14.5. The van der Waals surface area contributed by atoms with Crippen LogP contribution in [-0.2, 0) is 11.3 Å². The standard InChI is InChI=1S/C23H26ClN3O3/c1-3-22(28)27(15-16-4-6-17(24)7-5-16)19-9-12-20(13-10-19)30-21-11-8-18(14-21)26-23(29)25-2/h3-7,9-10,12-13,18,21H,1,8,11,14-15H2,2H3,(H2,25,26,29)/t18-,21-/m1/s1. The lowest BCUT2D eigenvalue weighted by Crippen LogP contribution is -2.39. The molecule has 2 atom stereocenters. The number of nitrogens with zero attached hydrogens (tertiary/aromatic N) is 1. The maximum atomic E-state index is 12.4. The van der Waals surface area contributed by atoms with E-state index in [2.05, 4.69) is 17.2 Å². The molecule has 0 radical (unpaired) electrons. The third kappa shape index (κ3) is 5.76. The predicted octanol–water partition coefficient (Wildman–Crippen LogP) is 4.29. The molecule has 1 saturated carbocycles. The maximum Gasteiger partial charge on any atom is 0.314 e. The van der Waals surface area contributed by atoms with Gasteiger partial charge in [0.05, 0.1) is 6.54 Å². The van der Waals surface area contributed by atoms with Crippen LogP contribution in [0.25, 0.3) is 0 Å². The van der Waals surface area contributed by atoms with Crippen molar-refractivity contribution < 1.29 is 14.3 Å². The maximum absolute atomic E-state index is 12.4. The van der Waals surface area contributed by atoms with Crippen molar-refractivity contribution >= 4 is 29.2 Å². The fourth-order valence-electron chi connectivity index (χ4n) is 3.51. The Kier molecular flexibility index (Phi) is 7.36. The molecule has 0 aliphatic heterocycles. The lowest BCUT2D eigenvalue weighted by molar-refractivity contribution is -0.114. The first-order valence-corrected chi connectivity index (χ1v) is 10.3. The molecule has 0 saturated heterocycles. The van der Waals surface area contributed by atoms with Crippen LogP contribution in [0.2, 0.25) is 5.02 Å². The topological polar surface area (TPSA) is 70.7 Å². The van der Waals surface area contributed by atoms with E-state index in [0.717, 1.165) is 36.3 Å². The van der Waals surface area contributed by atoms with Crippen molar-refractivity contribution in [2.45, 2.75) is 38.0 Å². The van der Waals surface area contributed by atoms with Gasteiger partial charge in [-0.3, -0.25) is 4.79 Å². The normalized spacial score (nSPS) is 17.8. The zero-order chi connectivity index (χ0) is 21.5. The summed E-state index contributed by atoms with van der Waals surface area (Å²) in [6, 6.07) is 14.8. The molecule has 0 heterocycles. The van der Waals surface area contributed by atoms with Gasteiger partial charge in [-0.15, -0.1) is 0 Å². The molecule has 0 unspecified atom stereocenters. The third-order valence-corrected chi connectivity index (χ3v) is 5.34. The van der Waals surface area contributed by atoms with E-state index in [-0.39, 0.29) is 24.1 Å². The highest BCUT2D eigenvalue weighted by Crippen LogP contribution is 2.27. The van der Waals surface area contributed by atoms with Crippen LogP contribution in [0.3, 0.4) is 0 Å². The summed E-state index contributed by atoms with van der Waals surface area (Å²) < 4.78 is 6.06. The summed E-state index contributed by atoms with van der Waals surface area (Å²) in [7, 11) is 1.60. The number of carbonyl (C=O) groups is 2. The number of urea groups is 1. The van der Waals surface area contributed by atoms with Crippen molar-refractivity contribution in [3.63, 3.8) is 0 Å². The van der Waals surface area contributed by atoms with Crippen LogP contribution in [0, 0.1) is 0 Å². The first-order valence-electron chi connectivity index (χ1n) is 9.92. The van der Waals surface area contributed by atoms with Gasteiger partial charge in [0.15, 0.2) is 0 Å². The van der Waals surface area contributed by atoms with Crippen LogP contribution < -0.4 is 20.3 Å². The molecule has 7 heteroatoms. The van der Waals surface area contributed by atoms with Gasteiger partial charge >= 0.3 is 6.03 Å². The number of anilines is 1. The molecular formula is C23H26ClN3O3. The Balaban J connectivity index is 1.63. The minimum Gasteiger partial charge on any atom is -0.490 e. The molecule has 1 fully saturated rings. The molecular weight excluding hydrogens is 402 g/mol. The number of ether oxygens (including phenoxy) is 1. The molecule has 2 N–H and O–H groups in total. The molecule has 3 amide bonds. The highest BCUT2D eigenvalue weighted by molar-refractivity contribution is 6.30. The fourth-order valence-corrected chi connectivity index (χ4v) is 3.64. The van der Waals surface area contributed by atoms with E-state index in [1.165, 1.54) is 6.08 Å². The van der Waals surface area contributed by atoms with E-state index in [1.54, 1.807) is 24.1 Å². The van der Waals surface area contributed by atoms with Gasteiger partial charge in [-0.05, 0) is 60.9 Å². The molecule has 1 aliphatic carbocycles. The second-order valence-electron chi connectivity index (χ2n) is 7.22. The van der Waals surface area contributed by atoms with Crippen molar-refractivity contribution in [1.82, 2.24) is 10.6 Å². The molecule has 2 aromatic rings. The van der Waals surface area contributed by atoms with Crippen molar-refractivity contribution in [2.75, 3.05) is 11.9 Å². The van der Waals surface area contributed by atoms with Crippen LogP contribution >= 0.6 is 11.6 Å². The van der Waals surface area contributed by atoms with Crippen molar-refractivity contribution in [3.8, 4) is 5.75 Å². The van der Waals surface area contributed by atoms with Gasteiger partial charge in [0.1, 0.15) is 11.9 Å². The average molecular weight is 428 g/mol. The number of benzene rings is 2. The molecule has 158 valence electrons. The molecule has 0 aromatic heterocycles. The zero-order valence-corrected chi connectivity index (χ0v) is 17.7. The summed E-state index contributed by atoms with van der Waals surface area (Å²) >= 11 is 5.95. The highest BCUT2D eigenvalue weighted by atomic mass is 35.5. The van der Waals surface area contributed by atoms with Crippen LogP contribution in [0.1, 0.15) is 24.8 Å². The van der Waals surface area contributed by atoms with Gasteiger partial charge in [-0.2, -0.15) is 0 Å². The van der Waals surface area contributed by atoms with Crippen LogP contribution in [0.15, 0.2) is 61.2 Å². The first kappa shape index (κ1) is 21.7. The monoisotopic (exact) mass is 427 g/mol. The number of hydrogen-bond acceptors (Lipinski definition) is 3. The smallest absolute Gasteiger partial charge is 0.314 e. The van der Waals surface area contributed by atoms with E-state index in [4.69, 9.17) is 16.3 Å². The lowest BCUT2D eigenvalue weighted by atomic mass is 10.2. The summed E-state index contributed by atoms with van der Waals surface area (Å²) in [5, 5.41) is 6.15. The Labute approximate surface area is 181 Å². The largest absolute Gasteiger partial charge is 0.490 e. The van der Waals surface area contributed by atoms with E-state index < -0.39 is 0 Å². The Morgan fingerprint density at radius 1 is 1.17 bits per heavy atom. The van der Waals surface area contributed by atoms with E-state index in [1.807, 2.05) is 36.4 Å². The molecule has 6 nitrogen and oxygen atoms in total. The second-order valence-corrected chi connectivity index (χ2v) is 7.66. The summed E-state index contributed by atoms with van der Waals surface area (Å²) in [4.78, 5) is 25.5.